The minimum atomic E-state index is 1.06. The molecule has 0 saturated carbocycles. The van der Waals surface area contributed by atoms with Crippen LogP contribution in [0.3, 0.4) is 0 Å². The first-order chi connectivity index (χ1) is 5.36. The van der Waals surface area contributed by atoms with E-state index in [1.165, 1.54) is 5.56 Å². The molecular weight excluding hydrogens is 174 g/mol. The van der Waals surface area contributed by atoms with E-state index in [2.05, 4.69) is 35.9 Å². The van der Waals surface area contributed by atoms with Crippen LogP contribution in [-0.4, -0.2) is 6.26 Å². The summed E-state index contributed by atoms with van der Waals surface area (Å²) < 4.78 is 2.81. The number of hydrogen-bond donors (Lipinski definition) is 2. The van der Waals surface area contributed by atoms with E-state index >= 15 is 0 Å². The molecule has 0 bridgehead atoms. The summed E-state index contributed by atoms with van der Waals surface area (Å²) in [5.74, 6) is 1.06. The summed E-state index contributed by atoms with van der Waals surface area (Å²) in [5.41, 5.74) is 2.39. The van der Waals surface area contributed by atoms with Crippen molar-refractivity contribution < 1.29 is 0 Å². The number of thiol groups is 1. The van der Waals surface area contributed by atoms with E-state index in [-0.39, 0.29) is 0 Å². The molecule has 0 aliphatic carbocycles. The van der Waals surface area contributed by atoms with Crippen molar-refractivity contribution in [2.75, 3.05) is 11.0 Å². The third kappa shape index (κ3) is 2.67. The van der Waals surface area contributed by atoms with Crippen molar-refractivity contribution in [1.29, 1.82) is 0 Å². The summed E-state index contributed by atoms with van der Waals surface area (Å²) in [4.78, 5) is 0. The first-order valence-electron chi connectivity index (χ1n) is 3.35. The predicted octanol–water partition coefficient (Wildman–Crippen LogP) is 2.81. The van der Waals surface area contributed by atoms with Crippen LogP contribution in [0.5, 0.6) is 0 Å². The Hall–Kier alpha value is -0.280. The van der Waals surface area contributed by atoms with Gasteiger partial charge in [0.1, 0.15) is 0 Å². The average Bonchev–Trinajstić information content (AvgIpc) is 2.06. The highest BCUT2D eigenvalue weighted by Crippen LogP contribution is 2.14. The van der Waals surface area contributed by atoms with E-state index < -0.39 is 0 Å². The maximum atomic E-state index is 3.97. The maximum Gasteiger partial charge on any atom is 0.0440 e. The van der Waals surface area contributed by atoms with Crippen molar-refractivity contribution >= 4 is 30.3 Å². The van der Waals surface area contributed by atoms with E-state index in [1.54, 1.807) is 0 Å². The van der Waals surface area contributed by atoms with E-state index in [0.717, 1.165) is 11.4 Å². The van der Waals surface area contributed by atoms with Crippen molar-refractivity contribution in [3.05, 3.63) is 29.8 Å². The topological polar surface area (TPSA) is 12.0 Å². The number of nitrogens with one attached hydrogen (secondary N) is 1. The molecule has 0 unspecified atom stereocenters. The number of benzene rings is 1. The average molecular weight is 185 g/mol. The molecule has 1 aromatic carbocycles. The third-order valence-electron chi connectivity index (χ3n) is 1.37. The van der Waals surface area contributed by atoms with Crippen LogP contribution in [0.25, 0.3) is 0 Å². The van der Waals surface area contributed by atoms with Crippen molar-refractivity contribution in [2.24, 2.45) is 0 Å². The summed E-state index contributed by atoms with van der Waals surface area (Å²) in [7, 11) is 0. The highest BCUT2D eigenvalue weighted by atomic mass is 32.2. The lowest BCUT2D eigenvalue weighted by Gasteiger charge is -2.01. The Morgan fingerprint density at radius 3 is 3.00 bits per heavy atom. The Labute approximate surface area is 77.1 Å². The van der Waals surface area contributed by atoms with E-state index in [9.17, 15) is 0 Å². The fourth-order valence-electron chi connectivity index (χ4n) is 0.897. The quantitative estimate of drug-likeness (QED) is 0.702. The third-order valence-corrected chi connectivity index (χ3v) is 2.25. The number of thioether (sulfide) groups is 1. The largest absolute Gasteiger partial charge is 0.332 e. The molecule has 60 valence electrons. The molecule has 3 heteroatoms. The first-order valence-corrected chi connectivity index (χ1v) is 5.19. The zero-order valence-electron chi connectivity index (χ0n) is 6.37. The summed E-state index contributed by atoms with van der Waals surface area (Å²) in [6, 6.07) is 8.25. The lowest BCUT2D eigenvalue weighted by atomic mass is 10.2. The van der Waals surface area contributed by atoms with Gasteiger partial charge in [0, 0.05) is 11.4 Å². The predicted molar refractivity (Wildman–Crippen MR) is 56.3 cm³/mol. The maximum absolute atomic E-state index is 3.97. The normalized spacial score (nSPS) is 9.64. The molecule has 0 heterocycles. The molecule has 0 atom stereocenters. The summed E-state index contributed by atoms with van der Waals surface area (Å²) in [6.45, 7) is 0. The van der Waals surface area contributed by atoms with Gasteiger partial charge in [-0.15, -0.1) is 0 Å². The smallest absolute Gasteiger partial charge is 0.0440 e. The molecule has 0 amide bonds. The molecule has 1 aromatic rings. The first kappa shape index (κ1) is 8.81. The van der Waals surface area contributed by atoms with E-state index in [4.69, 9.17) is 0 Å². The minimum absolute atomic E-state index is 1.06. The summed E-state index contributed by atoms with van der Waals surface area (Å²) in [6.07, 6.45) is 2.10. The van der Waals surface area contributed by atoms with Gasteiger partial charge in [-0.05, 0) is 24.0 Å². The van der Waals surface area contributed by atoms with Gasteiger partial charge in [-0.2, -0.15) is 11.8 Å². The number of rotatable bonds is 3. The summed E-state index contributed by atoms with van der Waals surface area (Å²) in [5, 5.41) is 0. The molecule has 0 radical (unpaired) electrons. The monoisotopic (exact) mass is 185 g/mol. The molecule has 0 aliphatic heterocycles. The fraction of sp³-hybridized carbons (Fsp3) is 0.250. The van der Waals surface area contributed by atoms with Crippen LogP contribution < -0.4 is 4.72 Å². The highest BCUT2D eigenvalue weighted by Gasteiger charge is 1.91. The molecule has 1 nitrogen and oxygen atoms in total. The number of hydrogen-bond acceptors (Lipinski definition) is 3. The molecule has 0 saturated heterocycles. The van der Waals surface area contributed by atoms with Gasteiger partial charge in [0.15, 0.2) is 0 Å². The Bertz CT molecular complexity index is 225. The van der Waals surface area contributed by atoms with Gasteiger partial charge in [0.2, 0.25) is 0 Å². The van der Waals surface area contributed by atoms with Gasteiger partial charge >= 0.3 is 0 Å². The van der Waals surface area contributed by atoms with Crippen LogP contribution in [0.15, 0.2) is 24.3 Å². The zero-order valence-corrected chi connectivity index (χ0v) is 8.08. The second-order valence-corrected chi connectivity index (χ2v) is 3.33. The second kappa shape index (κ2) is 4.57. The van der Waals surface area contributed by atoms with Crippen LogP contribution in [-0.2, 0) is 5.75 Å². The molecule has 0 fully saturated rings. The van der Waals surface area contributed by atoms with Crippen molar-refractivity contribution in [3.63, 3.8) is 0 Å². The lowest BCUT2D eigenvalue weighted by molar-refractivity contribution is 1.42. The van der Waals surface area contributed by atoms with Gasteiger partial charge in [-0.1, -0.05) is 24.9 Å². The Kier molecular flexibility index (Phi) is 3.66. The van der Waals surface area contributed by atoms with Crippen molar-refractivity contribution in [3.8, 4) is 0 Å². The summed E-state index contributed by atoms with van der Waals surface area (Å²) >= 11 is 5.79. The highest BCUT2D eigenvalue weighted by molar-refractivity contribution is 7.97. The van der Waals surface area contributed by atoms with Crippen molar-refractivity contribution in [1.82, 2.24) is 0 Å². The Balaban J connectivity index is 2.74. The zero-order chi connectivity index (χ0) is 8.10. The van der Waals surface area contributed by atoms with Crippen LogP contribution in [0.1, 0.15) is 5.56 Å². The van der Waals surface area contributed by atoms with Crippen LogP contribution in [0, 0.1) is 0 Å². The van der Waals surface area contributed by atoms with Gasteiger partial charge in [-0.3, -0.25) is 0 Å². The molecule has 0 aromatic heterocycles. The Morgan fingerprint density at radius 2 is 2.36 bits per heavy atom. The van der Waals surface area contributed by atoms with E-state index in [0.29, 0.717) is 0 Å². The second-order valence-electron chi connectivity index (χ2n) is 2.25. The molecule has 1 N–H and O–H groups in total. The molecular formula is C8H11NS2. The molecule has 1 rings (SSSR count). The van der Waals surface area contributed by atoms with Gasteiger partial charge < -0.3 is 4.72 Å². The standard InChI is InChI=1S/C8H11NS2/c1-11-6-7-3-2-4-8(5-7)9-10/h2-5,9-10H,6H2,1H3. The minimum Gasteiger partial charge on any atom is -0.332 e. The molecule has 0 aliphatic rings. The van der Waals surface area contributed by atoms with E-state index in [1.807, 2.05) is 23.9 Å². The fourth-order valence-corrected chi connectivity index (χ4v) is 1.55. The van der Waals surface area contributed by atoms with Gasteiger partial charge in [0.05, 0.1) is 0 Å². The van der Waals surface area contributed by atoms with Crippen LogP contribution in [0.4, 0.5) is 5.69 Å². The molecule has 0 spiro atoms. The number of anilines is 1. The van der Waals surface area contributed by atoms with Crippen molar-refractivity contribution in [2.45, 2.75) is 5.75 Å². The lowest BCUT2D eigenvalue weighted by Crippen LogP contribution is -1.83. The van der Waals surface area contributed by atoms with Crippen LogP contribution in [0.2, 0.25) is 0 Å². The molecule has 11 heavy (non-hydrogen) atoms. The van der Waals surface area contributed by atoms with Crippen LogP contribution >= 0.6 is 24.6 Å². The van der Waals surface area contributed by atoms with Gasteiger partial charge in [-0.25, -0.2) is 0 Å². The van der Waals surface area contributed by atoms with Gasteiger partial charge in [0.25, 0.3) is 0 Å². The SMILES string of the molecule is CSCc1cccc(NS)c1. The Morgan fingerprint density at radius 1 is 1.55 bits per heavy atom.